The van der Waals surface area contributed by atoms with Crippen molar-refractivity contribution in [1.29, 1.82) is 0 Å². The van der Waals surface area contributed by atoms with Crippen LogP contribution in [0.1, 0.15) is 51.5 Å². The minimum absolute atomic E-state index is 0.0674. The molecular weight excluding hydrogens is 434 g/mol. The average Bonchev–Trinajstić information content (AvgIpc) is 3.05. The van der Waals surface area contributed by atoms with Crippen LogP contribution in [0.2, 0.25) is 0 Å². The van der Waals surface area contributed by atoms with Crippen LogP contribution in [-0.4, -0.2) is 23.7 Å². The minimum atomic E-state index is -0.118. The van der Waals surface area contributed by atoms with Gasteiger partial charge in [0.1, 0.15) is 11.5 Å². The monoisotopic (exact) mass is 463 g/mol. The summed E-state index contributed by atoms with van der Waals surface area (Å²) in [6, 6.07) is 14.4. The SMILES string of the molecule is CCOc1ccc(N=c2scc(-c3ccc4c(c3)NC(=O)CO4)n2C2CCCCCC2)cc1. The van der Waals surface area contributed by atoms with Crippen molar-refractivity contribution in [1.82, 2.24) is 4.57 Å². The summed E-state index contributed by atoms with van der Waals surface area (Å²) in [4.78, 5) is 17.9. The molecule has 7 heteroatoms. The molecule has 33 heavy (non-hydrogen) atoms. The third-order valence-corrected chi connectivity index (χ3v) is 7.05. The third-order valence-electron chi connectivity index (χ3n) is 6.21. The number of thiazole rings is 1. The summed E-state index contributed by atoms with van der Waals surface area (Å²) in [6.45, 7) is 2.70. The van der Waals surface area contributed by atoms with Crippen LogP contribution in [0.15, 0.2) is 52.8 Å². The van der Waals surface area contributed by atoms with Gasteiger partial charge < -0.3 is 19.4 Å². The van der Waals surface area contributed by atoms with Crippen LogP contribution in [0.5, 0.6) is 11.5 Å². The Morgan fingerprint density at radius 2 is 1.91 bits per heavy atom. The molecule has 3 aromatic rings. The van der Waals surface area contributed by atoms with Gasteiger partial charge >= 0.3 is 0 Å². The smallest absolute Gasteiger partial charge is 0.262 e. The summed E-state index contributed by atoms with van der Waals surface area (Å²) < 4.78 is 13.5. The summed E-state index contributed by atoms with van der Waals surface area (Å²) in [6.07, 6.45) is 7.39. The Labute approximate surface area is 197 Å². The molecule has 0 spiro atoms. The quantitative estimate of drug-likeness (QED) is 0.467. The second-order valence-electron chi connectivity index (χ2n) is 8.51. The number of anilines is 1. The number of benzene rings is 2. The molecule has 0 unspecified atom stereocenters. The summed E-state index contributed by atoms with van der Waals surface area (Å²) in [5, 5.41) is 5.12. The lowest BCUT2D eigenvalue weighted by Gasteiger charge is -2.22. The lowest BCUT2D eigenvalue weighted by Crippen LogP contribution is -2.25. The van der Waals surface area contributed by atoms with Crippen molar-refractivity contribution in [2.45, 2.75) is 51.5 Å². The number of carbonyl (C=O) groups is 1. The second-order valence-corrected chi connectivity index (χ2v) is 9.34. The Hall–Kier alpha value is -3.06. The van der Waals surface area contributed by atoms with Crippen LogP contribution in [0, 0.1) is 0 Å². The fourth-order valence-electron chi connectivity index (χ4n) is 4.62. The summed E-state index contributed by atoms with van der Waals surface area (Å²) in [7, 11) is 0. The number of carbonyl (C=O) groups excluding carboxylic acids is 1. The van der Waals surface area contributed by atoms with Gasteiger partial charge in [0, 0.05) is 17.0 Å². The maximum Gasteiger partial charge on any atom is 0.262 e. The van der Waals surface area contributed by atoms with E-state index in [1.165, 1.54) is 25.7 Å². The first-order valence-corrected chi connectivity index (χ1v) is 12.6. The fourth-order valence-corrected chi connectivity index (χ4v) is 5.60. The van der Waals surface area contributed by atoms with Crippen LogP contribution in [0.3, 0.4) is 0 Å². The zero-order valence-electron chi connectivity index (χ0n) is 18.9. The maximum atomic E-state index is 11.8. The predicted molar refractivity (Wildman–Crippen MR) is 131 cm³/mol. The van der Waals surface area contributed by atoms with Crippen molar-refractivity contribution in [2.24, 2.45) is 4.99 Å². The van der Waals surface area contributed by atoms with Crippen molar-refractivity contribution < 1.29 is 14.3 Å². The molecule has 0 saturated heterocycles. The first-order valence-electron chi connectivity index (χ1n) is 11.8. The van der Waals surface area contributed by atoms with Crippen molar-refractivity contribution in [3.05, 3.63) is 52.6 Å². The molecule has 0 radical (unpaired) electrons. The van der Waals surface area contributed by atoms with E-state index < -0.39 is 0 Å². The molecule has 2 heterocycles. The van der Waals surface area contributed by atoms with Gasteiger partial charge in [0.05, 0.1) is 23.7 Å². The molecule has 172 valence electrons. The van der Waals surface area contributed by atoms with E-state index in [1.54, 1.807) is 11.3 Å². The number of ether oxygens (including phenoxy) is 2. The molecule has 1 fully saturated rings. The molecule has 6 nitrogen and oxygen atoms in total. The Balaban J connectivity index is 1.58. The summed E-state index contributed by atoms with van der Waals surface area (Å²) in [5.41, 5.74) is 3.85. The molecule has 5 rings (SSSR count). The summed E-state index contributed by atoms with van der Waals surface area (Å²) in [5.74, 6) is 1.46. The van der Waals surface area contributed by atoms with Crippen molar-refractivity contribution >= 4 is 28.6 Å². The van der Waals surface area contributed by atoms with E-state index in [4.69, 9.17) is 14.5 Å². The molecule has 1 N–H and O–H groups in total. The highest BCUT2D eigenvalue weighted by atomic mass is 32.1. The average molecular weight is 464 g/mol. The number of nitrogens with one attached hydrogen (secondary N) is 1. The molecule has 1 aromatic heterocycles. The van der Waals surface area contributed by atoms with Gasteiger partial charge in [-0.15, -0.1) is 11.3 Å². The van der Waals surface area contributed by atoms with E-state index in [0.717, 1.165) is 46.0 Å². The molecule has 0 bridgehead atoms. The molecule has 2 aliphatic rings. The number of amides is 1. The standard InChI is InChI=1S/C26H29N3O3S/c1-2-31-21-12-10-19(11-13-21)27-26-29(20-7-5-3-4-6-8-20)23(17-33-26)18-9-14-24-22(15-18)28-25(30)16-32-24/h9-15,17,20H,2-8,16H2,1H3,(H,28,30). The van der Waals surface area contributed by atoms with Gasteiger partial charge in [-0.2, -0.15) is 0 Å². The van der Waals surface area contributed by atoms with E-state index in [0.29, 0.717) is 18.4 Å². The number of hydrogen-bond donors (Lipinski definition) is 1. The Bertz CT molecular complexity index is 1190. The van der Waals surface area contributed by atoms with Gasteiger partial charge in [0.15, 0.2) is 11.4 Å². The fraction of sp³-hybridized carbons (Fsp3) is 0.385. The van der Waals surface area contributed by atoms with E-state index >= 15 is 0 Å². The number of hydrogen-bond acceptors (Lipinski definition) is 5. The Morgan fingerprint density at radius 3 is 2.67 bits per heavy atom. The van der Waals surface area contributed by atoms with E-state index in [1.807, 2.05) is 43.3 Å². The van der Waals surface area contributed by atoms with E-state index in [-0.39, 0.29) is 12.5 Å². The third kappa shape index (κ3) is 4.83. The van der Waals surface area contributed by atoms with Crippen molar-refractivity contribution in [2.75, 3.05) is 18.5 Å². The van der Waals surface area contributed by atoms with Gasteiger partial charge in [0.25, 0.3) is 5.91 Å². The lowest BCUT2D eigenvalue weighted by atomic mass is 10.1. The Kier molecular flexibility index (Phi) is 6.48. The van der Waals surface area contributed by atoms with Crippen LogP contribution in [-0.2, 0) is 4.79 Å². The van der Waals surface area contributed by atoms with Gasteiger partial charge in [-0.05, 0) is 62.2 Å². The minimum Gasteiger partial charge on any atom is -0.494 e. The van der Waals surface area contributed by atoms with Gasteiger partial charge in [-0.25, -0.2) is 4.99 Å². The van der Waals surface area contributed by atoms with Crippen LogP contribution >= 0.6 is 11.3 Å². The van der Waals surface area contributed by atoms with Gasteiger partial charge in [0.2, 0.25) is 0 Å². The second kappa shape index (κ2) is 9.83. The highest BCUT2D eigenvalue weighted by Crippen LogP contribution is 2.36. The zero-order chi connectivity index (χ0) is 22.6. The van der Waals surface area contributed by atoms with E-state index in [2.05, 4.69) is 21.3 Å². The molecule has 1 saturated carbocycles. The normalized spacial score (nSPS) is 17.1. The molecule has 1 amide bonds. The van der Waals surface area contributed by atoms with Crippen LogP contribution in [0.25, 0.3) is 11.3 Å². The number of fused-ring (bicyclic) bond motifs is 1. The Morgan fingerprint density at radius 1 is 1.12 bits per heavy atom. The topological polar surface area (TPSA) is 64.8 Å². The van der Waals surface area contributed by atoms with Crippen LogP contribution in [0.4, 0.5) is 11.4 Å². The van der Waals surface area contributed by atoms with Gasteiger partial charge in [-0.1, -0.05) is 25.7 Å². The van der Waals surface area contributed by atoms with E-state index in [9.17, 15) is 4.79 Å². The van der Waals surface area contributed by atoms with Gasteiger partial charge in [-0.3, -0.25) is 4.79 Å². The highest BCUT2D eigenvalue weighted by Gasteiger charge is 2.22. The van der Waals surface area contributed by atoms with Crippen LogP contribution < -0.4 is 19.6 Å². The molecule has 0 atom stereocenters. The molecular formula is C26H29N3O3S. The number of aromatic nitrogens is 1. The largest absolute Gasteiger partial charge is 0.494 e. The summed E-state index contributed by atoms with van der Waals surface area (Å²) >= 11 is 1.67. The highest BCUT2D eigenvalue weighted by molar-refractivity contribution is 7.07. The van der Waals surface area contributed by atoms with Crippen molar-refractivity contribution in [3.63, 3.8) is 0 Å². The zero-order valence-corrected chi connectivity index (χ0v) is 19.7. The lowest BCUT2D eigenvalue weighted by molar-refractivity contribution is -0.118. The number of rotatable bonds is 5. The first-order chi connectivity index (χ1) is 16.2. The molecule has 1 aliphatic carbocycles. The molecule has 1 aliphatic heterocycles. The predicted octanol–water partition coefficient (Wildman–Crippen LogP) is 6.07. The maximum absolute atomic E-state index is 11.8. The molecule has 2 aromatic carbocycles. The number of nitrogens with zero attached hydrogens (tertiary/aromatic N) is 2. The van der Waals surface area contributed by atoms with Crippen molar-refractivity contribution in [3.8, 4) is 22.8 Å². The first kappa shape index (κ1) is 21.8.